The van der Waals surface area contributed by atoms with E-state index in [0.29, 0.717) is 0 Å². The Morgan fingerprint density at radius 3 is 2.74 bits per heavy atom. The van der Waals surface area contributed by atoms with Crippen LogP contribution in [-0.4, -0.2) is 42.7 Å². The van der Waals surface area contributed by atoms with Crippen molar-refractivity contribution >= 4 is 23.0 Å². The van der Waals surface area contributed by atoms with Crippen molar-refractivity contribution in [2.24, 2.45) is 0 Å². The second-order valence-corrected chi connectivity index (χ2v) is 5.17. The summed E-state index contributed by atoms with van der Waals surface area (Å²) in [6.45, 7) is 10.5. The lowest BCUT2D eigenvalue weighted by Gasteiger charge is -2.37. The highest BCUT2D eigenvalue weighted by Crippen LogP contribution is 2.17. The number of aryl methyl sites for hydroxylation is 1. The van der Waals surface area contributed by atoms with Gasteiger partial charge >= 0.3 is 0 Å². The first-order chi connectivity index (χ1) is 9.20. The predicted octanol–water partition coefficient (Wildman–Crippen LogP) is 2.18. The molecule has 0 spiro atoms. The summed E-state index contributed by atoms with van der Waals surface area (Å²) in [7, 11) is 0. The molecule has 0 unspecified atom stereocenters. The normalized spacial score (nSPS) is 15.2. The van der Waals surface area contributed by atoms with Crippen LogP contribution in [0.4, 0.5) is 5.69 Å². The summed E-state index contributed by atoms with van der Waals surface area (Å²) in [4.78, 5) is 4.64. The van der Waals surface area contributed by atoms with Crippen molar-refractivity contribution in [2.75, 3.05) is 37.6 Å². The van der Waals surface area contributed by atoms with Gasteiger partial charge in [0.2, 0.25) is 0 Å². The Labute approximate surface area is 120 Å². The van der Waals surface area contributed by atoms with Crippen molar-refractivity contribution in [1.29, 1.82) is 0 Å². The fourth-order valence-electron chi connectivity index (χ4n) is 2.26. The SMILES string of the molecule is C=CCNC(=S)N1CCN(c2cccc(C)c2)CC1. The van der Waals surface area contributed by atoms with E-state index in [0.717, 1.165) is 37.8 Å². The van der Waals surface area contributed by atoms with Gasteiger partial charge in [0.1, 0.15) is 0 Å². The quantitative estimate of drug-likeness (QED) is 0.673. The van der Waals surface area contributed by atoms with Gasteiger partial charge in [-0.2, -0.15) is 0 Å². The summed E-state index contributed by atoms with van der Waals surface area (Å²) < 4.78 is 0. The Bertz CT molecular complexity index is 450. The van der Waals surface area contributed by atoms with Crippen molar-refractivity contribution in [1.82, 2.24) is 10.2 Å². The van der Waals surface area contributed by atoms with Gasteiger partial charge in [-0.25, -0.2) is 0 Å². The molecule has 0 amide bonds. The lowest BCUT2D eigenvalue weighted by atomic mass is 10.2. The molecule has 2 rings (SSSR count). The molecule has 19 heavy (non-hydrogen) atoms. The predicted molar refractivity (Wildman–Crippen MR) is 85.8 cm³/mol. The maximum atomic E-state index is 5.36. The minimum Gasteiger partial charge on any atom is -0.368 e. The van der Waals surface area contributed by atoms with E-state index in [-0.39, 0.29) is 0 Å². The van der Waals surface area contributed by atoms with Crippen molar-refractivity contribution < 1.29 is 0 Å². The fraction of sp³-hybridized carbons (Fsp3) is 0.400. The Kier molecular flexibility index (Phi) is 4.80. The topological polar surface area (TPSA) is 18.5 Å². The third-order valence-corrected chi connectivity index (χ3v) is 3.73. The van der Waals surface area contributed by atoms with E-state index in [1.807, 2.05) is 6.08 Å². The van der Waals surface area contributed by atoms with Gasteiger partial charge in [0.05, 0.1) is 0 Å². The lowest BCUT2D eigenvalue weighted by Crippen LogP contribution is -2.51. The molecular weight excluding hydrogens is 254 g/mol. The first-order valence-corrected chi connectivity index (χ1v) is 7.07. The second kappa shape index (κ2) is 6.57. The van der Waals surface area contributed by atoms with E-state index in [9.17, 15) is 0 Å². The van der Waals surface area contributed by atoms with Crippen molar-refractivity contribution in [3.05, 3.63) is 42.5 Å². The fourth-order valence-corrected chi connectivity index (χ4v) is 2.53. The third-order valence-electron chi connectivity index (χ3n) is 3.33. The van der Waals surface area contributed by atoms with Gasteiger partial charge in [0, 0.05) is 38.4 Å². The molecule has 4 heteroatoms. The van der Waals surface area contributed by atoms with Crippen LogP contribution in [0.3, 0.4) is 0 Å². The summed E-state index contributed by atoms with van der Waals surface area (Å²) in [6, 6.07) is 8.67. The monoisotopic (exact) mass is 275 g/mol. The molecule has 1 aliphatic heterocycles. The average Bonchev–Trinajstić information content (AvgIpc) is 2.45. The van der Waals surface area contributed by atoms with Crippen LogP contribution >= 0.6 is 12.2 Å². The van der Waals surface area contributed by atoms with Crippen molar-refractivity contribution in [3.8, 4) is 0 Å². The molecule has 1 aromatic rings. The summed E-state index contributed by atoms with van der Waals surface area (Å²) in [5, 5.41) is 4.02. The zero-order valence-corrected chi connectivity index (χ0v) is 12.2. The summed E-state index contributed by atoms with van der Waals surface area (Å²) in [5.74, 6) is 0. The molecule has 0 bridgehead atoms. The first-order valence-electron chi connectivity index (χ1n) is 6.66. The van der Waals surface area contributed by atoms with Crippen molar-refractivity contribution in [2.45, 2.75) is 6.92 Å². The van der Waals surface area contributed by atoms with Gasteiger partial charge in [-0.05, 0) is 36.8 Å². The summed E-state index contributed by atoms with van der Waals surface area (Å²) in [5.41, 5.74) is 2.62. The molecule has 1 N–H and O–H groups in total. The van der Waals surface area contributed by atoms with Crippen LogP contribution in [0.15, 0.2) is 36.9 Å². The van der Waals surface area contributed by atoms with Gasteiger partial charge < -0.3 is 15.1 Å². The van der Waals surface area contributed by atoms with Crippen molar-refractivity contribution in [3.63, 3.8) is 0 Å². The zero-order chi connectivity index (χ0) is 13.7. The highest BCUT2D eigenvalue weighted by Gasteiger charge is 2.18. The number of anilines is 1. The number of benzene rings is 1. The lowest BCUT2D eigenvalue weighted by molar-refractivity contribution is 0.381. The summed E-state index contributed by atoms with van der Waals surface area (Å²) in [6.07, 6.45) is 1.83. The maximum Gasteiger partial charge on any atom is 0.169 e. The van der Waals surface area contributed by atoms with Gasteiger partial charge in [-0.3, -0.25) is 0 Å². The molecule has 1 aromatic carbocycles. The number of hydrogen-bond donors (Lipinski definition) is 1. The standard InChI is InChI=1S/C15H21N3S/c1-3-7-16-15(19)18-10-8-17(9-11-18)14-6-4-5-13(2)12-14/h3-6,12H,1,7-11H2,2H3,(H,16,19). The van der Waals surface area contributed by atoms with Gasteiger partial charge in [0.25, 0.3) is 0 Å². The second-order valence-electron chi connectivity index (χ2n) is 4.79. The molecule has 102 valence electrons. The Hall–Kier alpha value is -1.55. The molecule has 3 nitrogen and oxygen atoms in total. The van der Waals surface area contributed by atoms with Gasteiger partial charge in [0.15, 0.2) is 5.11 Å². The van der Waals surface area contributed by atoms with E-state index in [2.05, 4.69) is 52.9 Å². The molecule has 1 heterocycles. The van der Waals surface area contributed by atoms with Gasteiger partial charge in [-0.1, -0.05) is 18.2 Å². The van der Waals surface area contributed by atoms with Crippen LogP contribution in [0.1, 0.15) is 5.56 Å². The number of thiocarbonyl (C=S) groups is 1. The zero-order valence-electron chi connectivity index (χ0n) is 11.4. The Balaban J connectivity index is 1.88. The molecule has 1 aliphatic rings. The largest absolute Gasteiger partial charge is 0.368 e. The van der Waals surface area contributed by atoms with E-state index in [4.69, 9.17) is 12.2 Å². The average molecular weight is 275 g/mol. The number of hydrogen-bond acceptors (Lipinski definition) is 2. The first kappa shape index (κ1) is 13.9. The highest BCUT2D eigenvalue weighted by molar-refractivity contribution is 7.80. The van der Waals surface area contributed by atoms with Crippen LogP contribution in [0, 0.1) is 6.92 Å². The Morgan fingerprint density at radius 1 is 1.37 bits per heavy atom. The van der Waals surface area contributed by atoms with Crippen LogP contribution in [0.5, 0.6) is 0 Å². The highest BCUT2D eigenvalue weighted by atomic mass is 32.1. The molecule has 0 atom stereocenters. The smallest absolute Gasteiger partial charge is 0.169 e. The van der Waals surface area contributed by atoms with E-state index in [1.165, 1.54) is 11.3 Å². The maximum absolute atomic E-state index is 5.36. The van der Waals surface area contributed by atoms with Crippen LogP contribution in [0.2, 0.25) is 0 Å². The minimum atomic E-state index is 0.733. The molecule has 0 saturated carbocycles. The van der Waals surface area contributed by atoms with Crippen LogP contribution in [-0.2, 0) is 0 Å². The van der Waals surface area contributed by atoms with Gasteiger partial charge in [-0.15, -0.1) is 6.58 Å². The van der Waals surface area contributed by atoms with E-state index < -0.39 is 0 Å². The van der Waals surface area contributed by atoms with E-state index in [1.54, 1.807) is 0 Å². The molecular formula is C15H21N3S. The Morgan fingerprint density at radius 2 is 2.11 bits per heavy atom. The molecule has 0 radical (unpaired) electrons. The van der Waals surface area contributed by atoms with Crippen LogP contribution in [0.25, 0.3) is 0 Å². The molecule has 0 aliphatic carbocycles. The molecule has 1 saturated heterocycles. The molecule has 1 fully saturated rings. The number of nitrogens with one attached hydrogen (secondary N) is 1. The third kappa shape index (κ3) is 3.70. The van der Waals surface area contributed by atoms with E-state index >= 15 is 0 Å². The minimum absolute atomic E-state index is 0.733. The van der Waals surface area contributed by atoms with Crippen LogP contribution < -0.4 is 10.2 Å². The molecule has 0 aromatic heterocycles. The summed E-state index contributed by atoms with van der Waals surface area (Å²) >= 11 is 5.36. The number of piperazine rings is 1. The number of rotatable bonds is 3. The number of nitrogens with zero attached hydrogens (tertiary/aromatic N) is 2.